The maximum Gasteiger partial charge on any atom is 0.293 e. The lowest BCUT2D eigenvalue weighted by molar-refractivity contribution is -0.123. The third kappa shape index (κ3) is 5.14. The van der Waals surface area contributed by atoms with Crippen LogP contribution in [0.2, 0.25) is 15.1 Å². The first kappa shape index (κ1) is 23.8. The van der Waals surface area contributed by atoms with Crippen LogP contribution in [0.25, 0.3) is 6.08 Å². The quantitative estimate of drug-likeness (QED) is 0.437. The standard InChI is InChI=1S/C22H20Cl3NO4S/c1-11(2)13-5-4-12(3)8-17(13)30-7-6-26-21(28)18(31-22(26)29)9-14-15(23)10-16(24)20(27)19(14)25/h4-5,8-11,27H,6-7H2,1-3H3/b18-9-. The summed E-state index contributed by atoms with van der Waals surface area (Å²) in [5.74, 6) is 0.202. The fraction of sp³-hybridized carbons (Fsp3) is 0.273. The van der Waals surface area contributed by atoms with Gasteiger partial charge < -0.3 is 9.84 Å². The van der Waals surface area contributed by atoms with Gasteiger partial charge in [0.2, 0.25) is 0 Å². The Kier molecular flexibility index (Phi) is 7.47. The summed E-state index contributed by atoms with van der Waals surface area (Å²) >= 11 is 18.9. The Balaban J connectivity index is 1.75. The molecule has 2 aromatic rings. The van der Waals surface area contributed by atoms with Gasteiger partial charge in [-0.2, -0.15) is 0 Å². The number of halogens is 3. The molecule has 1 saturated heterocycles. The Morgan fingerprint density at radius 3 is 2.55 bits per heavy atom. The Bertz CT molecular complexity index is 1080. The Morgan fingerprint density at radius 1 is 1.16 bits per heavy atom. The summed E-state index contributed by atoms with van der Waals surface area (Å²) in [6.07, 6.45) is 1.38. The number of phenols is 1. The molecule has 31 heavy (non-hydrogen) atoms. The van der Waals surface area contributed by atoms with E-state index in [0.717, 1.165) is 33.5 Å². The van der Waals surface area contributed by atoms with Gasteiger partial charge in [-0.05, 0) is 53.9 Å². The number of carbonyl (C=O) groups excluding carboxylic acids is 2. The molecule has 0 aliphatic carbocycles. The molecular weight excluding hydrogens is 481 g/mol. The lowest BCUT2D eigenvalue weighted by Gasteiger charge is -2.17. The van der Waals surface area contributed by atoms with E-state index in [1.807, 2.05) is 25.1 Å². The van der Waals surface area contributed by atoms with Gasteiger partial charge in [-0.15, -0.1) is 0 Å². The van der Waals surface area contributed by atoms with Crippen LogP contribution in [0.15, 0.2) is 29.2 Å². The third-order valence-electron chi connectivity index (χ3n) is 4.69. The van der Waals surface area contributed by atoms with Crippen LogP contribution in [0.3, 0.4) is 0 Å². The molecule has 0 bridgehead atoms. The number of aryl methyl sites for hydroxylation is 1. The van der Waals surface area contributed by atoms with Crippen molar-refractivity contribution in [2.45, 2.75) is 26.7 Å². The molecule has 164 valence electrons. The Labute approximate surface area is 199 Å². The molecule has 1 fully saturated rings. The van der Waals surface area contributed by atoms with Gasteiger partial charge in [-0.1, -0.05) is 60.8 Å². The van der Waals surface area contributed by atoms with Crippen LogP contribution in [0.1, 0.15) is 36.5 Å². The van der Waals surface area contributed by atoms with Crippen LogP contribution < -0.4 is 4.74 Å². The molecule has 2 aromatic carbocycles. The van der Waals surface area contributed by atoms with E-state index in [2.05, 4.69) is 13.8 Å². The van der Waals surface area contributed by atoms with Crippen molar-refractivity contribution < 1.29 is 19.4 Å². The van der Waals surface area contributed by atoms with Gasteiger partial charge in [0.15, 0.2) is 5.75 Å². The van der Waals surface area contributed by atoms with Gasteiger partial charge >= 0.3 is 0 Å². The number of amides is 2. The summed E-state index contributed by atoms with van der Waals surface area (Å²) in [7, 11) is 0. The second-order valence-corrected chi connectivity index (χ2v) is 9.48. The summed E-state index contributed by atoms with van der Waals surface area (Å²) in [5, 5.41) is 9.57. The highest BCUT2D eigenvalue weighted by Gasteiger charge is 2.35. The van der Waals surface area contributed by atoms with Crippen LogP contribution in [0.5, 0.6) is 11.5 Å². The maximum atomic E-state index is 12.8. The van der Waals surface area contributed by atoms with E-state index in [0.29, 0.717) is 0 Å². The van der Waals surface area contributed by atoms with Crippen LogP contribution in [0, 0.1) is 6.92 Å². The van der Waals surface area contributed by atoms with Gasteiger partial charge in [0.25, 0.3) is 11.1 Å². The molecule has 9 heteroatoms. The monoisotopic (exact) mass is 499 g/mol. The fourth-order valence-electron chi connectivity index (χ4n) is 3.04. The molecule has 5 nitrogen and oxygen atoms in total. The molecule has 0 saturated carbocycles. The number of rotatable bonds is 6. The summed E-state index contributed by atoms with van der Waals surface area (Å²) in [6, 6.07) is 7.31. The molecule has 0 spiro atoms. The highest BCUT2D eigenvalue weighted by molar-refractivity contribution is 8.18. The highest BCUT2D eigenvalue weighted by Crippen LogP contribution is 2.42. The van der Waals surface area contributed by atoms with Gasteiger partial charge in [0, 0.05) is 5.56 Å². The average molecular weight is 501 g/mol. The van der Waals surface area contributed by atoms with E-state index in [1.54, 1.807) is 0 Å². The van der Waals surface area contributed by atoms with Gasteiger partial charge in [-0.25, -0.2) is 0 Å². The van der Waals surface area contributed by atoms with Crippen molar-refractivity contribution >= 4 is 63.8 Å². The van der Waals surface area contributed by atoms with Crippen LogP contribution in [0.4, 0.5) is 4.79 Å². The van der Waals surface area contributed by atoms with E-state index in [-0.39, 0.29) is 50.4 Å². The fourth-order valence-corrected chi connectivity index (χ4v) is 4.76. The first-order valence-electron chi connectivity index (χ1n) is 9.45. The van der Waals surface area contributed by atoms with Crippen LogP contribution in [-0.2, 0) is 4.79 Å². The smallest absolute Gasteiger partial charge is 0.293 e. The number of imide groups is 1. The van der Waals surface area contributed by atoms with E-state index < -0.39 is 11.1 Å². The zero-order chi connectivity index (χ0) is 22.9. The van der Waals surface area contributed by atoms with Crippen molar-refractivity contribution in [3.63, 3.8) is 0 Å². The second kappa shape index (κ2) is 9.74. The van der Waals surface area contributed by atoms with Crippen molar-refractivity contribution in [3.05, 3.63) is 60.9 Å². The summed E-state index contributed by atoms with van der Waals surface area (Å²) < 4.78 is 5.89. The first-order valence-corrected chi connectivity index (χ1v) is 11.4. The Hall–Kier alpha value is -1.86. The molecule has 2 amide bonds. The van der Waals surface area contributed by atoms with Gasteiger partial charge in [0.1, 0.15) is 12.4 Å². The summed E-state index contributed by atoms with van der Waals surface area (Å²) in [4.78, 5) is 26.4. The zero-order valence-electron chi connectivity index (χ0n) is 17.0. The van der Waals surface area contributed by atoms with Crippen LogP contribution in [-0.4, -0.2) is 34.3 Å². The average Bonchev–Trinajstić information content (AvgIpc) is 2.96. The molecule has 0 atom stereocenters. The highest BCUT2D eigenvalue weighted by atomic mass is 35.5. The molecule has 1 heterocycles. The predicted octanol–water partition coefficient (Wildman–Crippen LogP) is 6.90. The minimum Gasteiger partial charge on any atom is -0.505 e. The molecule has 1 N–H and O–H groups in total. The normalized spacial score (nSPS) is 15.5. The number of phenolic OH excluding ortho intramolecular Hbond substituents is 1. The molecule has 1 aliphatic heterocycles. The number of thioether (sulfide) groups is 1. The lowest BCUT2D eigenvalue weighted by atomic mass is 10.0. The van der Waals surface area contributed by atoms with Crippen molar-refractivity contribution in [3.8, 4) is 11.5 Å². The lowest BCUT2D eigenvalue weighted by Crippen LogP contribution is -2.32. The van der Waals surface area contributed by atoms with Crippen molar-refractivity contribution in [1.29, 1.82) is 0 Å². The van der Waals surface area contributed by atoms with E-state index >= 15 is 0 Å². The summed E-state index contributed by atoms with van der Waals surface area (Å²) in [6.45, 7) is 6.38. The number of hydrogen-bond donors (Lipinski definition) is 1. The third-order valence-corrected chi connectivity index (χ3v) is 6.58. The van der Waals surface area contributed by atoms with Gasteiger partial charge in [0.05, 0.1) is 26.5 Å². The number of nitrogens with zero attached hydrogens (tertiary/aromatic N) is 1. The minimum atomic E-state index is -0.478. The van der Waals surface area contributed by atoms with Crippen molar-refractivity contribution in [1.82, 2.24) is 4.90 Å². The molecule has 3 rings (SSSR count). The number of hydrogen-bond acceptors (Lipinski definition) is 5. The predicted molar refractivity (Wildman–Crippen MR) is 127 cm³/mol. The van der Waals surface area contributed by atoms with Crippen molar-refractivity contribution in [2.24, 2.45) is 0 Å². The number of ether oxygens (including phenoxy) is 1. The number of carbonyl (C=O) groups is 2. The topological polar surface area (TPSA) is 66.8 Å². The zero-order valence-corrected chi connectivity index (χ0v) is 20.1. The molecule has 0 radical (unpaired) electrons. The minimum absolute atomic E-state index is 0.00526. The SMILES string of the molecule is Cc1ccc(C(C)C)c(OCCN2C(=O)S/C(=C\c3c(Cl)cc(Cl)c(O)c3Cl)C2=O)c1. The van der Waals surface area contributed by atoms with E-state index in [1.165, 1.54) is 12.1 Å². The van der Waals surface area contributed by atoms with Crippen LogP contribution >= 0.6 is 46.6 Å². The van der Waals surface area contributed by atoms with E-state index in [9.17, 15) is 14.7 Å². The first-order chi connectivity index (χ1) is 14.6. The van der Waals surface area contributed by atoms with Crippen molar-refractivity contribution in [2.75, 3.05) is 13.2 Å². The Morgan fingerprint density at radius 2 is 1.87 bits per heavy atom. The second-order valence-electron chi connectivity index (χ2n) is 7.29. The molecular formula is C22H20Cl3NO4S. The largest absolute Gasteiger partial charge is 0.505 e. The molecule has 1 aliphatic rings. The van der Waals surface area contributed by atoms with Gasteiger partial charge in [-0.3, -0.25) is 14.5 Å². The van der Waals surface area contributed by atoms with E-state index in [4.69, 9.17) is 39.5 Å². The molecule has 0 unspecified atom stereocenters. The molecule has 0 aromatic heterocycles. The maximum absolute atomic E-state index is 12.8. The number of aromatic hydroxyl groups is 1. The number of benzene rings is 2. The summed E-state index contributed by atoms with van der Waals surface area (Å²) in [5.41, 5.74) is 2.34.